The minimum atomic E-state index is -0.194. The molecule has 0 aromatic heterocycles. The molecule has 1 unspecified atom stereocenters. The van der Waals surface area contributed by atoms with Crippen LogP contribution in [0.2, 0.25) is 0 Å². The molecule has 106 valence electrons. The second-order valence-electron chi connectivity index (χ2n) is 4.52. The molecular weight excluding hydrogens is 253 g/mol. The molecule has 2 aromatic rings. The van der Waals surface area contributed by atoms with Crippen LogP contribution in [0, 0.1) is 5.82 Å². The van der Waals surface area contributed by atoms with Crippen molar-refractivity contribution in [2.45, 2.75) is 19.9 Å². The normalized spacial score (nSPS) is 12.2. The standard InChI is InChI=1S/C17H20FNO/c1-3-19-17(15-10-5-6-11-16(15)18)13-8-7-9-14(12-13)20-4-2/h5-12,17,19H,3-4H2,1-2H3. The molecule has 0 amide bonds. The Morgan fingerprint density at radius 1 is 1.10 bits per heavy atom. The minimum Gasteiger partial charge on any atom is -0.494 e. The van der Waals surface area contributed by atoms with E-state index in [2.05, 4.69) is 5.32 Å². The molecule has 0 heterocycles. The summed E-state index contributed by atoms with van der Waals surface area (Å²) in [4.78, 5) is 0. The van der Waals surface area contributed by atoms with Crippen LogP contribution >= 0.6 is 0 Å². The summed E-state index contributed by atoms with van der Waals surface area (Å²) in [7, 11) is 0. The van der Waals surface area contributed by atoms with Crippen LogP contribution in [0.4, 0.5) is 4.39 Å². The van der Waals surface area contributed by atoms with Gasteiger partial charge < -0.3 is 10.1 Å². The van der Waals surface area contributed by atoms with Gasteiger partial charge in [0, 0.05) is 5.56 Å². The van der Waals surface area contributed by atoms with Gasteiger partial charge in [-0.05, 0) is 37.2 Å². The van der Waals surface area contributed by atoms with Crippen LogP contribution in [-0.2, 0) is 0 Å². The molecule has 0 bridgehead atoms. The van der Waals surface area contributed by atoms with Gasteiger partial charge in [-0.1, -0.05) is 37.3 Å². The van der Waals surface area contributed by atoms with E-state index >= 15 is 0 Å². The number of benzene rings is 2. The third kappa shape index (κ3) is 3.36. The molecule has 2 rings (SSSR count). The number of hydrogen-bond acceptors (Lipinski definition) is 2. The van der Waals surface area contributed by atoms with E-state index in [1.165, 1.54) is 6.07 Å². The molecule has 0 spiro atoms. The molecule has 20 heavy (non-hydrogen) atoms. The largest absolute Gasteiger partial charge is 0.494 e. The Kier molecular flexibility index (Phi) is 5.13. The van der Waals surface area contributed by atoms with Gasteiger partial charge in [-0.3, -0.25) is 0 Å². The van der Waals surface area contributed by atoms with Gasteiger partial charge in [0.2, 0.25) is 0 Å². The highest BCUT2D eigenvalue weighted by Crippen LogP contribution is 2.27. The Morgan fingerprint density at radius 3 is 2.60 bits per heavy atom. The van der Waals surface area contributed by atoms with E-state index in [9.17, 15) is 4.39 Å². The predicted molar refractivity (Wildman–Crippen MR) is 79.5 cm³/mol. The molecule has 0 radical (unpaired) electrons. The van der Waals surface area contributed by atoms with Crippen molar-refractivity contribution in [2.75, 3.05) is 13.2 Å². The van der Waals surface area contributed by atoms with E-state index in [0.717, 1.165) is 17.9 Å². The molecule has 0 saturated heterocycles. The summed E-state index contributed by atoms with van der Waals surface area (Å²) in [6, 6.07) is 14.5. The molecular formula is C17H20FNO. The zero-order chi connectivity index (χ0) is 14.4. The van der Waals surface area contributed by atoms with E-state index in [0.29, 0.717) is 12.2 Å². The van der Waals surface area contributed by atoms with Crippen molar-refractivity contribution in [1.82, 2.24) is 5.32 Å². The molecule has 0 aliphatic heterocycles. The number of hydrogen-bond donors (Lipinski definition) is 1. The Bertz CT molecular complexity index is 556. The molecule has 0 fully saturated rings. The Labute approximate surface area is 119 Å². The van der Waals surface area contributed by atoms with Gasteiger partial charge in [0.25, 0.3) is 0 Å². The predicted octanol–water partition coefficient (Wildman–Crippen LogP) is 3.92. The van der Waals surface area contributed by atoms with Crippen LogP contribution < -0.4 is 10.1 Å². The van der Waals surface area contributed by atoms with Gasteiger partial charge in [-0.2, -0.15) is 0 Å². The minimum absolute atomic E-state index is 0.165. The second kappa shape index (κ2) is 7.06. The van der Waals surface area contributed by atoms with Crippen LogP contribution in [0.3, 0.4) is 0 Å². The van der Waals surface area contributed by atoms with Gasteiger partial charge in [-0.15, -0.1) is 0 Å². The SMILES string of the molecule is CCNC(c1cccc(OCC)c1)c1ccccc1F. The highest BCUT2D eigenvalue weighted by atomic mass is 19.1. The first-order chi connectivity index (χ1) is 9.76. The van der Waals surface area contributed by atoms with Crippen molar-refractivity contribution in [3.8, 4) is 5.75 Å². The molecule has 0 aliphatic carbocycles. The second-order valence-corrected chi connectivity index (χ2v) is 4.52. The van der Waals surface area contributed by atoms with Crippen LogP contribution in [0.1, 0.15) is 31.0 Å². The monoisotopic (exact) mass is 273 g/mol. The van der Waals surface area contributed by atoms with Crippen molar-refractivity contribution in [1.29, 1.82) is 0 Å². The first kappa shape index (κ1) is 14.5. The van der Waals surface area contributed by atoms with Crippen molar-refractivity contribution in [3.63, 3.8) is 0 Å². The third-order valence-corrected chi connectivity index (χ3v) is 3.13. The molecule has 0 aliphatic rings. The summed E-state index contributed by atoms with van der Waals surface area (Å²) in [5, 5.41) is 3.33. The quantitative estimate of drug-likeness (QED) is 0.861. The van der Waals surface area contributed by atoms with E-state index in [4.69, 9.17) is 4.74 Å². The topological polar surface area (TPSA) is 21.3 Å². The van der Waals surface area contributed by atoms with Gasteiger partial charge in [0.05, 0.1) is 12.6 Å². The number of rotatable bonds is 6. The average Bonchev–Trinajstić information content (AvgIpc) is 2.46. The summed E-state index contributed by atoms with van der Waals surface area (Å²) in [6.45, 7) is 5.35. The zero-order valence-electron chi connectivity index (χ0n) is 11.9. The Balaban J connectivity index is 2.38. The van der Waals surface area contributed by atoms with E-state index in [1.807, 2.05) is 50.2 Å². The van der Waals surface area contributed by atoms with Gasteiger partial charge in [-0.25, -0.2) is 4.39 Å². The van der Waals surface area contributed by atoms with Crippen molar-refractivity contribution >= 4 is 0 Å². The Morgan fingerprint density at radius 2 is 1.90 bits per heavy atom. The summed E-state index contributed by atoms with van der Waals surface area (Å²) < 4.78 is 19.5. The van der Waals surface area contributed by atoms with Crippen LogP contribution in [-0.4, -0.2) is 13.2 Å². The number of nitrogens with one attached hydrogen (secondary N) is 1. The van der Waals surface area contributed by atoms with Crippen LogP contribution in [0.15, 0.2) is 48.5 Å². The summed E-state index contributed by atoms with van der Waals surface area (Å²) in [5.74, 6) is 0.615. The zero-order valence-corrected chi connectivity index (χ0v) is 11.9. The molecule has 0 saturated carbocycles. The fourth-order valence-corrected chi connectivity index (χ4v) is 2.27. The highest BCUT2D eigenvalue weighted by Gasteiger charge is 2.16. The van der Waals surface area contributed by atoms with Crippen molar-refractivity contribution in [3.05, 3.63) is 65.5 Å². The molecule has 1 atom stereocenters. The first-order valence-corrected chi connectivity index (χ1v) is 6.96. The molecule has 1 N–H and O–H groups in total. The fourth-order valence-electron chi connectivity index (χ4n) is 2.27. The van der Waals surface area contributed by atoms with E-state index in [1.54, 1.807) is 6.07 Å². The number of ether oxygens (including phenoxy) is 1. The first-order valence-electron chi connectivity index (χ1n) is 6.96. The lowest BCUT2D eigenvalue weighted by atomic mass is 9.98. The van der Waals surface area contributed by atoms with Crippen molar-refractivity contribution < 1.29 is 9.13 Å². The van der Waals surface area contributed by atoms with Gasteiger partial charge >= 0.3 is 0 Å². The summed E-state index contributed by atoms with van der Waals surface area (Å²) >= 11 is 0. The average molecular weight is 273 g/mol. The fraction of sp³-hybridized carbons (Fsp3) is 0.294. The molecule has 2 aromatic carbocycles. The Hall–Kier alpha value is -1.87. The van der Waals surface area contributed by atoms with Crippen LogP contribution in [0.25, 0.3) is 0 Å². The maximum Gasteiger partial charge on any atom is 0.128 e. The maximum absolute atomic E-state index is 14.0. The number of halogens is 1. The van der Waals surface area contributed by atoms with E-state index < -0.39 is 0 Å². The molecule has 3 heteroatoms. The lowest BCUT2D eigenvalue weighted by Crippen LogP contribution is -2.23. The van der Waals surface area contributed by atoms with Gasteiger partial charge in [0.15, 0.2) is 0 Å². The van der Waals surface area contributed by atoms with E-state index in [-0.39, 0.29) is 11.9 Å². The molecule has 2 nitrogen and oxygen atoms in total. The summed E-state index contributed by atoms with van der Waals surface area (Å²) in [5.41, 5.74) is 1.66. The maximum atomic E-state index is 14.0. The van der Waals surface area contributed by atoms with Gasteiger partial charge in [0.1, 0.15) is 11.6 Å². The third-order valence-electron chi connectivity index (χ3n) is 3.13. The van der Waals surface area contributed by atoms with Crippen molar-refractivity contribution in [2.24, 2.45) is 0 Å². The lowest BCUT2D eigenvalue weighted by Gasteiger charge is -2.20. The smallest absolute Gasteiger partial charge is 0.128 e. The lowest BCUT2D eigenvalue weighted by molar-refractivity contribution is 0.339. The van der Waals surface area contributed by atoms with Crippen LogP contribution in [0.5, 0.6) is 5.75 Å². The highest BCUT2D eigenvalue weighted by molar-refractivity contribution is 5.37. The summed E-state index contributed by atoms with van der Waals surface area (Å²) in [6.07, 6.45) is 0.